The van der Waals surface area contributed by atoms with Crippen LogP contribution in [0.4, 0.5) is 5.69 Å². The van der Waals surface area contributed by atoms with Gasteiger partial charge in [-0.1, -0.05) is 30.7 Å². The van der Waals surface area contributed by atoms with Gasteiger partial charge in [0.15, 0.2) is 16.7 Å². The average molecular weight is 397 g/mol. The van der Waals surface area contributed by atoms with Crippen molar-refractivity contribution >= 4 is 34.6 Å². The molecule has 1 fully saturated rings. The molecule has 1 aliphatic heterocycles. The molecule has 5 nitrogen and oxygen atoms in total. The van der Waals surface area contributed by atoms with Gasteiger partial charge < -0.3 is 9.84 Å². The number of aryl methyl sites for hydroxylation is 1. The minimum atomic E-state index is -0.0521. The van der Waals surface area contributed by atoms with Crippen LogP contribution in [0, 0.1) is 6.92 Å². The van der Waals surface area contributed by atoms with Gasteiger partial charge in [0.2, 0.25) is 0 Å². The van der Waals surface area contributed by atoms with Gasteiger partial charge in [-0.05, 0) is 67.9 Å². The Balaban J connectivity index is 1.92. The van der Waals surface area contributed by atoms with E-state index in [4.69, 9.17) is 4.74 Å². The van der Waals surface area contributed by atoms with Gasteiger partial charge in [-0.2, -0.15) is 0 Å². The van der Waals surface area contributed by atoms with Gasteiger partial charge in [0.25, 0.3) is 5.91 Å². The number of hydrogen-bond acceptors (Lipinski definition) is 5. The Morgan fingerprint density at radius 3 is 2.61 bits per heavy atom. The number of aromatic hydroxyl groups is 1. The summed E-state index contributed by atoms with van der Waals surface area (Å²) < 4.78 is 5.43. The standard InChI is InChI=1S/C22H24N2O3S/c1-4-12-24-21(26)20(14-16-8-11-18(25)19(13-16)27-5-2)28-22(24)23-17-9-6-15(3)7-10-17/h6-11,13-14,25H,4-5,12H2,1-3H3/b20-14+,23-22?. The second-order valence-corrected chi connectivity index (χ2v) is 7.47. The molecule has 3 rings (SSSR count). The summed E-state index contributed by atoms with van der Waals surface area (Å²) in [7, 11) is 0. The maximum absolute atomic E-state index is 12.9. The Morgan fingerprint density at radius 1 is 1.18 bits per heavy atom. The molecule has 28 heavy (non-hydrogen) atoms. The van der Waals surface area contributed by atoms with Crippen LogP contribution in [-0.4, -0.2) is 34.2 Å². The number of aliphatic imine (C=N–C) groups is 1. The van der Waals surface area contributed by atoms with E-state index in [1.54, 1.807) is 23.1 Å². The van der Waals surface area contributed by atoms with Crippen LogP contribution in [0.3, 0.4) is 0 Å². The van der Waals surface area contributed by atoms with Gasteiger partial charge in [0, 0.05) is 6.54 Å². The summed E-state index contributed by atoms with van der Waals surface area (Å²) in [5.41, 5.74) is 2.79. The monoisotopic (exact) mass is 396 g/mol. The van der Waals surface area contributed by atoms with E-state index in [0.29, 0.717) is 29.0 Å². The predicted octanol–water partition coefficient (Wildman–Crippen LogP) is 5.11. The summed E-state index contributed by atoms with van der Waals surface area (Å²) in [5.74, 6) is 0.443. The van der Waals surface area contributed by atoms with E-state index < -0.39 is 0 Å². The minimum Gasteiger partial charge on any atom is -0.504 e. The number of ether oxygens (including phenoxy) is 1. The molecule has 1 N–H and O–H groups in total. The molecule has 0 saturated carbocycles. The van der Waals surface area contributed by atoms with Crippen molar-refractivity contribution in [2.45, 2.75) is 27.2 Å². The number of phenols is 1. The fourth-order valence-electron chi connectivity index (χ4n) is 2.78. The quantitative estimate of drug-likeness (QED) is 0.689. The normalized spacial score (nSPS) is 17.0. The first-order valence-electron chi connectivity index (χ1n) is 9.34. The zero-order chi connectivity index (χ0) is 20.1. The zero-order valence-corrected chi connectivity index (χ0v) is 17.1. The molecule has 1 aliphatic rings. The molecule has 1 amide bonds. The highest BCUT2D eigenvalue weighted by atomic mass is 32.2. The van der Waals surface area contributed by atoms with Crippen LogP contribution in [0.15, 0.2) is 52.4 Å². The minimum absolute atomic E-state index is 0.0521. The number of carbonyl (C=O) groups is 1. The summed E-state index contributed by atoms with van der Waals surface area (Å²) in [6, 6.07) is 13.0. The number of rotatable bonds is 6. The van der Waals surface area contributed by atoms with Crippen molar-refractivity contribution in [3.05, 3.63) is 58.5 Å². The molecule has 146 valence electrons. The summed E-state index contributed by atoms with van der Waals surface area (Å²) in [4.78, 5) is 19.9. The first kappa shape index (κ1) is 20.0. The molecular formula is C22H24N2O3S. The SMILES string of the molecule is CCCN1C(=O)/C(=C\c2ccc(O)c(OCC)c2)SC1=Nc1ccc(C)cc1. The van der Waals surface area contributed by atoms with E-state index in [0.717, 1.165) is 17.7 Å². The van der Waals surface area contributed by atoms with Crippen molar-refractivity contribution in [1.29, 1.82) is 0 Å². The molecule has 0 radical (unpaired) electrons. The smallest absolute Gasteiger partial charge is 0.266 e. The van der Waals surface area contributed by atoms with E-state index in [9.17, 15) is 9.90 Å². The second kappa shape index (κ2) is 8.97. The lowest BCUT2D eigenvalue weighted by Gasteiger charge is -2.14. The number of carbonyl (C=O) groups excluding carboxylic acids is 1. The van der Waals surface area contributed by atoms with Crippen LogP contribution >= 0.6 is 11.8 Å². The maximum Gasteiger partial charge on any atom is 0.266 e. The summed E-state index contributed by atoms with van der Waals surface area (Å²) >= 11 is 1.37. The third-order valence-electron chi connectivity index (χ3n) is 4.18. The molecule has 0 bridgehead atoms. The Bertz CT molecular complexity index is 920. The first-order chi connectivity index (χ1) is 13.5. The van der Waals surface area contributed by atoms with Crippen LogP contribution in [0.25, 0.3) is 6.08 Å². The van der Waals surface area contributed by atoms with Crippen LogP contribution in [-0.2, 0) is 4.79 Å². The number of phenolic OH excluding ortho intramolecular Hbond substituents is 1. The van der Waals surface area contributed by atoms with Crippen LogP contribution in [0.1, 0.15) is 31.4 Å². The lowest BCUT2D eigenvalue weighted by Crippen LogP contribution is -2.29. The topological polar surface area (TPSA) is 62.1 Å². The average Bonchev–Trinajstić information content (AvgIpc) is 2.96. The number of nitrogens with zero attached hydrogens (tertiary/aromatic N) is 2. The maximum atomic E-state index is 12.9. The van der Waals surface area contributed by atoms with Gasteiger partial charge in [0.1, 0.15) is 0 Å². The Kier molecular flexibility index (Phi) is 6.41. The van der Waals surface area contributed by atoms with E-state index in [2.05, 4.69) is 4.99 Å². The van der Waals surface area contributed by atoms with Crippen molar-refractivity contribution in [2.75, 3.05) is 13.2 Å². The second-order valence-electron chi connectivity index (χ2n) is 6.46. The van der Waals surface area contributed by atoms with E-state index in [1.165, 1.54) is 17.3 Å². The van der Waals surface area contributed by atoms with E-state index >= 15 is 0 Å². The van der Waals surface area contributed by atoms with E-state index in [-0.39, 0.29) is 11.7 Å². The summed E-state index contributed by atoms with van der Waals surface area (Å²) in [5, 5.41) is 10.6. The molecule has 0 aliphatic carbocycles. The lowest BCUT2D eigenvalue weighted by atomic mass is 10.2. The summed E-state index contributed by atoms with van der Waals surface area (Å²) in [6.45, 7) is 7.00. The molecule has 1 saturated heterocycles. The van der Waals surface area contributed by atoms with Gasteiger partial charge in [0.05, 0.1) is 17.2 Å². The third kappa shape index (κ3) is 4.57. The van der Waals surface area contributed by atoms with Crippen LogP contribution in [0.5, 0.6) is 11.5 Å². The van der Waals surface area contributed by atoms with Crippen molar-refractivity contribution < 1.29 is 14.6 Å². The fraction of sp³-hybridized carbons (Fsp3) is 0.273. The van der Waals surface area contributed by atoms with Crippen LogP contribution in [0.2, 0.25) is 0 Å². The van der Waals surface area contributed by atoms with Gasteiger partial charge in [-0.3, -0.25) is 9.69 Å². The van der Waals surface area contributed by atoms with Gasteiger partial charge >= 0.3 is 0 Å². The van der Waals surface area contributed by atoms with Crippen molar-refractivity contribution in [2.24, 2.45) is 4.99 Å². The molecule has 0 atom stereocenters. The number of amidine groups is 1. The molecule has 0 unspecified atom stereocenters. The molecule has 0 aromatic heterocycles. The highest BCUT2D eigenvalue weighted by molar-refractivity contribution is 8.18. The molecule has 0 spiro atoms. The molecular weight excluding hydrogens is 372 g/mol. The van der Waals surface area contributed by atoms with Crippen LogP contribution < -0.4 is 4.74 Å². The Morgan fingerprint density at radius 2 is 1.93 bits per heavy atom. The van der Waals surface area contributed by atoms with Crippen molar-refractivity contribution in [3.8, 4) is 11.5 Å². The zero-order valence-electron chi connectivity index (χ0n) is 16.3. The number of thioether (sulfide) groups is 1. The largest absolute Gasteiger partial charge is 0.504 e. The van der Waals surface area contributed by atoms with E-state index in [1.807, 2.05) is 51.1 Å². The van der Waals surface area contributed by atoms with Crippen molar-refractivity contribution in [3.63, 3.8) is 0 Å². The van der Waals surface area contributed by atoms with Gasteiger partial charge in [-0.25, -0.2) is 4.99 Å². The Labute approximate surface area is 169 Å². The van der Waals surface area contributed by atoms with Gasteiger partial charge in [-0.15, -0.1) is 0 Å². The molecule has 1 heterocycles. The highest BCUT2D eigenvalue weighted by Crippen LogP contribution is 2.35. The predicted molar refractivity (Wildman–Crippen MR) is 115 cm³/mol. The Hall–Kier alpha value is -2.73. The summed E-state index contributed by atoms with van der Waals surface area (Å²) in [6.07, 6.45) is 2.66. The number of benzene rings is 2. The number of amides is 1. The molecule has 2 aromatic carbocycles. The first-order valence-corrected chi connectivity index (χ1v) is 10.2. The number of hydrogen-bond donors (Lipinski definition) is 1. The molecule has 2 aromatic rings. The fourth-order valence-corrected chi connectivity index (χ4v) is 3.81. The van der Waals surface area contributed by atoms with Crippen molar-refractivity contribution in [1.82, 2.24) is 4.90 Å². The highest BCUT2D eigenvalue weighted by Gasteiger charge is 2.32. The third-order valence-corrected chi connectivity index (χ3v) is 5.18. The molecule has 6 heteroatoms. The lowest BCUT2D eigenvalue weighted by molar-refractivity contribution is -0.122.